The molecule has 2 aliphatic rings. The number of nitrogens with zero attached hydrogens (tertiary/aromatic N) is 2. The second kappa shape index (κ2) is 7.88. The Morgan fingerprint density at radius 3 is 2.64 bits per heavy atom. The zero-order chi connectivity index (χ0) is 18.0. The quantitative estimate of drug-likeness (QED) is 0.891. The molecule has 1 N–H and O–H groups in total. The second-order valence-electron chi connectivity index (χ2n) is 8.23. The summed E-state index contributed by atoms with van der Waals surface area (Å²) in [6, 6.07) is 8.37. The Balaban J connectivity index is 1.75. The van der Waals surface area contributed by atoms with Crippen molar-refractivity contribution in [3.05, 3.63) is 35.4 Å². The minimum Gasteiger partial charge on any atom is -0.480 e. The van der Waals surface area contributed by atoms with Gasteiger partial charge in [-0.25, -0.2) is 0 Å². The first-order valence-corrected chi connectivity index (χ1v) is 9.70. The first-order valence-electron chi connectivity index (χ1n) is 9.70. The highest BCUT2D eigenvalue weighted by Crippen LogP contribution is 2.35. The number of carboxylic acid groups (broad SMARTS) is 1. The van der Waals surface area contributed by atoms with Gasteiger partial charge in [-0.2, -0.15) is 0 Å². The number of piperidine rings is 1. The monoisotopic (exact) mass is 344 g/mol. The fourth-order valence-electron chi connectivity index (χ4n) is 4.42. The van der Waals surface area contributed by atoms with Crippen molar-refractivity contribution in [2.45, 2.75) is 45.6 Å². The van der Waals surface area contributed by atoms with E-state index in [1.807, 2.05) is 6.92 Å². The molecule has 25 heavy (non-hydrogen) atoms. The summed E-state index contributed by atoms with van der Waals surface area (Å²) in [6.07, 6.45) is 2.58. The van der Waals surface area contributed by atoms with Crippen molar-refractivity contribution >= 4 is 5.97 Å². The molecule has 2 heterocycles. The van der Waals surface area contributed by atoms with E-state index in [9.17, 15) is 9.90 Å². The van der Waals surface area contributed by atoms with Crippen molar-refractivity contribution in [3.63, 3.8) is 0 Å². The predicted molar refractivity (Wildman–Crippen MR) is 101 cm³/mol. The molecule has 1 aromatic rings. The van der Waals surface area contributed by atoms with Crippen molar-refractivity contribution in [2.75, 3.05) is 32.7 Å². The zero-order valence-corrected chi connectivity index (χ0v) is 15.8. The Morgan fingerprint density at radius 1 is 1.28 bits per heavy atom. The van der Waals surface area contributed by atoms with E-state index < -0.39 is 12.0 Å². The molecule has 2 aliphatic heterocycles. The number of rotatable bonds is 5. The number of hydrogen-bond acceptors (Lipinski definition) is 3. The molecular weight excluding hydrogens is 312 g/mol. The Labute approximate surface area is 151 Å². The summed E-state index contributed by atoms with van der Waals surface area (Å²) in [5.74, 6) is 1.07. The molecule has 3 unspecified atom stereocenters. The first-order chi connectivity index (χ1) is 11.9. The van der Waals surface area contributed by atoms with E-state index >= 15 is 0 Å². The lowest BCUT2D eigenvalue weighted by molar-refractivity contribution is -0.142. The minimum atomic E-state index is -0.713. The molecule has 3 rings (SSSR count). The Kier molecular flexibility index (Phi) is 5.80. The molecule has 2 fully saturated rings. The lowest BCUT2D eigenvalue weighted by Crippen LogP contribution is -2.40. The van der Waals surface area contributed by atoms with Crippen LogP contribution >= 0.6 is 0 Å². The van der Waals surface area contributed by atoms with Crippen LogP contribution in [0.15, 0.2) is 24.3 Å². The highest BCUT2D eigenvalue weighted by Gasteiger charge is 2.38. The van der Waals surface area contributed by atoms with Gasteiger partial charge in [-0.3, -0.25) is 9.69 Å². The fraction of sp³-hybridized carbons (Fsp3) is 0.667. The maximum absolute atomic E-state index is 11.5. The SMILES string of the molecule is Cc1cccc(C2CN(C(C)C(=O)O)CC2CN2CCC(C)CC2)c1. The second-order valence-corrected chi connectivity index (χ2v) is 8.23. The van der Waals surface area contributed by atoms with Crippen molar-refractivity contribution in [2.24, 2.45) is 11.8 Å². The largest absolute Gasteiger partial charge is 0.480 e. The summed E-state index contributed by atoms with van der Waals surface area (Å²) in [6.45, 7) is 11.5. The Morgan fingerprint density at radius 2 is 2.00 bits per heavy atom. The van der Waals surface area contributed by atoms with Gasteiger partial charge in [0.05, 0.1) is 0 Å². The summed E-state index contributed by atoms with van der Waals surface area (Å²) in [7, 11) is 0. The Bertz CT molecular complexity index is 595. The van der Waals surface area contributed by atoms with Gasteiger partial charge in [-0.1, -0.05) is 36.8 Å². The predicted octanol–water partition coefficient (Wildman–Crippen LogP) is 3.22. The number of aryl methyl sites for hydroxylation is 1. The van der Waals surface area contributed by atoms with E-state index in [1.54, 1.807) is 0 Å². The van der Waals surface area contributed by atoms with Crippen LogP contribution in [0, 0.1) is 18.8 Å². The lowest BCUT2D eigenvalue weighted by Gasteiger charge is -2.33. The van der Waals surface area contributed by atoms with Crippen molar-refractivity contribution in [1.82, 2.24) is 9.80 Å². The van der Waals surface area contributed by atoms with Crippen LogP contribution in [0.5, 0.6) is 0 Å². The molecule has 0 saturated carbocycles. The molecule has 0 aliphatic carbocycles. The van der Waals surface area contributed by atoms with Gasteiger partial charge < -0.3 is 10.0 Å². The molecule has 0 spiro atoms. The minimum absolute atomic E-state index is 0.404. The van der Waals surface area contributed by atoms with Crippen LogP contribution in [0.4, 0.5) is 0 Å². The maximum Gasteiger partial charge on any atom is 0.320 e. The van der Waals surface area contributed by atoms with Gasteiger partial charge in [0.15, 0.2) is 0 Å². The number of carbonyl (C=O) groups is 1. The number of likely N-dealkylation sites (tertiary alicyclic amines) is 2. The molecule has 2 saturated heterocycles. The number of carboxylic acids is 1. The zero-order valence-electron chi connectivity index (χ0n) is 15.8. The van der Waals surface area contributed by atoms with Gasteiger partial charge in [-0.05, 0) is 57.2 Å². The number of hydrogen-bond donors (Lipinski definition) is 1. The van der Waals surface area contributed by atoms with Gasteiger partial charge in [0, 0.05) is 25.6 Å². The van der Waals surface area contributed by atoms with E-state index in [1.165, 1.54) is 37.1 Å². The van der Waals surface area contributed by atoms with Crippen LogP contribution < -0.4 is 0 Å². The van der Waals surface area contributed by atoms with Crippen LogP contribution in [0.3, 0.4) is 0 Å². The maximum atomic E-state index is 11.5. The van der Waals surface area contributed by atoms with Crippen molar-refractivity contribution in [1.29, 1.82) is 0 Å². The van der Waals surface area contributed by atoms with E-state index in [-0.39, 0.29) is 0 Å². The molecular formula is C21H32N2O2. The van der Waals surface area contributed by atoms with Crippen LogP contribution in [0.2, 0.25) is 0 Å². The van der Waals surface area contributed by atoms with Gasteiger partial charge in [0.25, 0.3) is 0 Å². The third-order valence-electron chi connectivity index (χ3n) is 6.21. The summed E-state index contributed by atoms with van der Waals surface area (Å²) < 4.78 is 0. The average Bonchev–Trinajstić information content (AvgIpc) is 3.00. The summed E-state index contributed by atoms with van der Waals surface area (Å²) in [5, 5.41) is 9.43. The van der Waals surface area contributed by atoms with Crippen LogP contribution in [0.25, 0.3) is 0 Å². The lowest BCUT2D eigenvalue weighted by atomic mass is 9.87. The van der Waals surface area contributed by atoms with E-state index in [0.717, 1.165) is 25.6 Å². The van der Waals surface area contributed by atoms with Crippen LogP contribution in [-0.4, -0.2) is 59.6 Å². The normalized spacial score (nSPS) is 27.5. The summed E-state index contributed by atoms with van der Waals surface area (Å²) in [5.41, 5.74) is 2.66. The number of benzene rings is 1. The van der Waals surface area contributed by atoms with E-state index in [4.69, 9.17) is 0 Å². The first kappa shape index (κ1) is 18.4. The van der Waals surface area contributed by atoms with Crippen molar-refractivity contribution < 1.29 is 9.90 Å². The molecule has 3 atom stereocenters. The fourth-order valence-corrected chi connectivity index (χ4v) is 4.42. The highest BCUT2D eigenvalue weighted by molar-refractivity contribution is 5.73. The highest BCUT2D eigenvalue weighted by atomic mass is 16.4. The van der Waals surface area contributed by atoms with Crippen molar-refractivity contribution in [3.8, 4) is 0 Å². The molecule has 0 bridgehead atoms. The molecule has 0 aromatic heterocycles. The molecule has 1 aromatic carbocycles. The molecule has 138 valence electrons. The third kappa shape index (κ3) is 4.42. The third-order valence-corrected chi connectivity index (χ3v) is 6.21. The Hall–Kier alpha value is -1.39. The van der Waals surface area contributed by atoms with Crippen LogP contribution in [0.1, 0.15) is 43.7 Å². The average molecular weight is 344 g/mol. The number of aliphatic carboxylic acids is 1. The molecule has 4 nitrogen and oxygen atoms in total. The molecule has 0 amide bonds. The van der Waals surface area contributed by atoms with Crippen LogP contribution in [-0.2, 0) is 4.79 Å². The van der Waals surface area contributed by atoms with Gasteiger partial charge >= 0.3 is 5.97 Å². The van der Waals surface area contributed by atoms with E-state index in [0.29, 0.717) is 11.8 Å². The standard InChI is InChI=1S/C21H32N2O2/c1-15-7-9-22(10-8-15)12-19-13-23(17(3)21(24)25)14-20(19)18-6-4-5-16(2)11-18/h4-6,11,15,17,19-20H,7-10,12-14H2,1-3H3,(H,24,25). The molecule has 0 radical (unpaired) electrons. The van der Waals surface area contributed by atoms with Gasteiger partial charge in [0.1, 0.15) is 6.04 Å². The molecule has 4 heteroatoms. The smallest absolute Gasteiger partial charge is 0.320 e. The van der Waals surface area contributed by atoms with Gasteiger partial charge in [0.2, 0.25) is 0 Å². The van der Waals surface area contributed by atoms with E-state index in [2.05, 4.69) is 47.9 Å². The summed E-state index contributed by atoms with van der Waals surface area (Å²) in [4.78, 5) is 16.2. The van der Waals surface area contributed by atoms with Gasteiger partial charge in [-0.15, -0.1) is 0 Å². The summed E-state index contributed by atoms with van der Waals surface area (Å²) >= 11 is 0. The topological polar surface area (TPSA) is 43.8 Å².